The first-order valence-electron chi connectivity index (χ1n) is 10.6. The highest BCUT2D eigenvalue weighted by molar-refractivity contribution is 5.86. The summed E-state index contributed by atoms with van der Waals surface area (Å²) in [5, 5.41) is 5.82. The number of alkyl carbamates (subject to hydrolysis) is 1. The number of amides is 2. The van der Waals surface area contributed by atoms with Gasteiger partial charge in [0.2, 0.25) is 5.91 Å². The molecule has 1 saturated heterocycles. The highest BCUT2D eigenvalue weighted by Gasteiger charge is 2.33. The SMILES string of the molecule is CCC(C)C(NC(=O)OC(C)(C)C)C(=O)NCC(C)(C)N1CCN(CC)CC1. The number of hydrogen-bond donors (Lipinski definition) is 2. The van der Waals surface area contributed by atoms with Crippen LogP contribution in [0, 0.1) is 5.92 Å². The summed E-state index contributed by atoms with van der Waals surface area (Å²) in [4.78, 5) is 29.9. The Balaban J connectivity index is 2.65. The van der Waals surface area contributed by atoms with Crippen LogP contribution in [0.15, 0.2) is 0 Å². The standard InChI is InChI=1S/C21H42N4O3/c1-9-16(3)17(23-19(27)28-20(4,5)6)18(26)22-15-21(7,8)25-13-11-24(10-2)12-14-25/h16-17H,9-15H2,1-8H3,(H,22,26)(H,23,27). The summed E-state index contributed by atoms with van der Waals surface area (Å²) in [5.74, 6) is -0.135. The number of carbonyl (C=O) groups is 2. The third kappa shape index (κ3) is 7.95. The number of carbonyl (C=O) groups excluding carboxylic acids is 2. The molecule has 0 aliphatic carbocycles. The van der Waals surface area contributed by atoms with E-state index < -0.39 is 17.7 Å². The number of rotatable bonds is 8. The average molecular weight is 399 g/mol. The molecule has 0 saturated carbocycles. The summed E-state index contributed by atoms with van der Waals surface area (Å²) in [6.07, 6.45) is 0.235. The van der Waals surface area contributed by atoms with Gasteiger partial charge in [-0.15, -0.1) is 0 Å². The molecule has 2 unspecified atom stereocenters. The Morgan fingerprint density at radius 2 is 1.61 bits per heavy atom. The fourth-order valence-corrected chi connectivity index (χ4v) is 3.33. The van der Waals surface area contributed by atoms with Gasteiger partial charge >= 0.3 is 6.09 Å². The van der Waals surface area contributed by atoms with Gasteiger partial charge in [0.15, 0.2) is 0 Å². The minimum Gasteiger partial charge on any atom is -0.444 e. The molecule has 0 aromatic rings. The molecule has 1 fully saturated rings. The lowest BCUT2D eigenvalue weighted by Gasteiger charge is -2.44. The molecule has 1 aliphatic heterocycles. The van der Waals surface area contributed by atoms with Crippen molar-refractivity contribution in [3.8, 4) is 0 Å². The Kier molecular flexibility index (Phi) is 9.21. The van der Waals surface area contributed by atoms with E-state index in [1.807, 2.05) is 34.6 Å². The number of likely N-dealkylation sites (N-methyl/N-ethyl adjacent to an activating group) is 1. The molecule has 1 aliphatic rings. The third-order valence-electron chi connectivity index (χ3n) is 5.54. The van der Waals surface area contributed by atoms with E-state index in [0.29, 0.717) is 6.54 Å². The lowest BCUT2D eigenvalue weighted by molar-refractivity contribution is -0.125. The molecule has 7 nitrogen and oxygen atoms in total. The molecule has 164 valence electrons. The van der Waals surface area contributed by atoms with E-state index in [0.717, 1.165) is 39.1 Å². The van der Waals surface area contributed by atoms with E-state index >= 15 is 0 Å². The predicted octanol–water partition coefficient (Wildman–Crippen LogP) is 2.46. The van der Waals surface area contributed by atoms with Crippen LogP contribution in [0.4, 0.5) is 4.79 Å². The van der Waals surface area contributed by atoms with E-state index in [9.17, 15) is 9.59 Å². The number of piperazine rings is 1. The average Bonchev–Trinajstić information content (AvgIpc) is 2.62. The quantitative estimate of drug-likeness (QED) is 0.657. The number of ether oxygens (including phenoxy) is 1. The zero-order valence-electron chi connectivity index (χ0n) is 19.2. The first-order valence-corrected chi connectivity index (χ1v) is 10.6. The Labute approximate surface area is 171 Å². The van der Waals surface area contributed by atoms with Crippen LogP contribution in [0.1, 0.15) is 61.8 Å². The van der Waals surface area contributed by atoms with Gasteiger partial charge in [0, 0.05) is 38.3 Å². The van der Waals surface area contributed by atoms with Crippen molar-refractivity contribution in [2.75, 3.05) is 39.3 Å². The fourth-order valence-electron chi connectivity index (χ4n) is 3.33. The lowest BCUT2D eigenvalue weighted by atomic mass is 9.97. The van der Waals surface area contributed by atoms with Crippen molar-refractivity contribution in [1.82, 2.24) is 20.4 Å². The Bertz CT molecular complexity index is 508. The molecule has 0 spiro atoms. The summed E-state index contributed by atoms with van der Waals surface area (Å²) in [5.41, 5.74) is -0.732. The van der Waals surface area contributed by atoms with Gasteiger partial charge in [0.25, 0.3) is 0 Å². The normalized spacial score (nSPS) is 19.0. The van der Waals surface area contributed by atoms with Crippen molar-refractivity contribution >= 4 is 12.0 Å². The minimum absolute atomic E-state index is 0.0173. The van der Waals surface area contributed by atoms with Crippen molar-refractivity contribution < 1.29 is 14.3 Å². The van der Waals surface area contributed by atoms with Crippen molar-refractivity contribution in [2.45, 2.75) is 79.0 Å². The Morgan fingerprint density at radius 3 is 2.07 bits per heavy atom. The highest BCUT2D eigenvalue weighted by atomic mass is 16.6. The molecule has 0 aromatic heterocycles. The first kappa shape index (κ1) is 24.7. The van der Waals surface area contributed by atoms with Gasteiger partial charge < -0.3 is 20.3 Å². The molecular weight excluding hydrogens is 356 g/mol. The van der Waals surface area contributed by atoms with Gasteiger partial charge in [0.05, 0.1) is 0 Å². The zero-order valence-corrected chi connectivity index (χ0v) is 19.2. The second-order valence-corrected chi connectivity index (χ2v) is 9.46. The molecule has 1 heterocycles. The van der Waals surface area contributed by atoms with Gasteiger partial charge in [-0.3, -0.25) is 9.69 Å². The van der Waals surface area contributed by atoms with Gasteiger partial charge in [-0.1, -0.05) is 27.2 Å². The van der Waals surface area contributed by atoms with Crippen LogP contribution in [0.5, 0.6) is 0 Å². The van der Waals surface area contributed by atoms with Gasteiger partial charge in [-0.2, -0.15) is 0 Å². The smallest absolute Gasteiger partial charge is 0.408 e. The van der Waals surface area contributed by atoms with Crippen LogP contribution < -0.4 is 10.6 Å². The second kappa shape index (κ2) is 10.4. The van der Waals surface area contributed by atoms with Crippen LogP contribution in [-0.2, 0) is 9.53 Å². The van der Waals surface area contributed by atoms with Crippen LogP contribution in [0.2, 0.25) is 0 Å². The van der Waals surface area contributed by atoms with Crippen molar-refractivity contribution in [3.05, 3.63) is 0 Å². The molecule has 2 atom stereocenters. The monoisotopic (exact) mass is 398 g/mol. The molecule has 28 heavy (non-hydrogen) atoms. The topological polar surface area (TPSA) is 73.9 Å². The van der Waals surface area contributed by atoms with Gasteiger partial charge in [0.1, 0.15) is 11.6 Å². The van der Waals surface area contributed by atoms with E-state index in [-0.39, 0.29) is 17.4 Å². The van der Waals surface area contributed by atoms with E-state index in [1.165, 1.54) is 0 Å². The van der Waals surface area contributed by atoms with Crippen LogP contribution in [-0.4, -0.2) is 78.3 Å². The Morgan fingerprint density at radius 1 is 1.04 bits per heavy atom. The van der Waals surface area contributed by atoms with Crippen molar-refractivity contribution in [1.29, 1.82) is 0 Å². The number of hydrogen-bond acceptors (Lipinski definition) is 5. The molecule has 7 heteroatoms. The summed E-state index contributed by atoms with van der Waals surface area (Å²) in [6.45, 7) is 21.7. The Hall–Kier alpha value is -1.34. The fraction of sp³-hybridized carbons (Fsp3) is 0.905. The second-order valence-electron chi connectivity index (χ2n) is 9.46. The molecule has 0 aromatic carbocycles. The lowest BCUT2D eigenvalue weighted by Crippen LogP contribution is -2.60. The van der Waals surface area contributed by atoms with E-state index in [1.54, 1.807) is 0 Å². The molecule has 2 amide bonds. The van der Waals surface area contributed by atoms with Gasteiger partial charge in [-0.25, -0.2) is 4.79 Å². The molecule has 0 bridgehead atoms. The van der Waals surface area contributed by atoms with Crippen LogP contribution in [0.25, 0.3) is 0 Å². The molecule has 2 N–H and O–H groups in total. The van der Waals surface area contributed by atoms with Crippen molar-refractivity contribution in [2.24, 2.45) is 5.92 Å². The van der Waals surface area contributed by atoms with Gasteiger partial charge in [-0.05, 0) is 47.1 Å². The summed E-state index contributed by atoms with van der Waals surface area (Å²) in [6, 6.07) is -0.604. The maximum Gasteiger partial charge on any atom is 0.408 e. The minimum atomic E-state index is -0.604. The number of nitrogens with zero attached hydrogens (tertiary/aromatic N) is 2. The van der Waals surface area contributed by atoms with Crippen molar-refractivity contribution in [3.63, 3.8) is 0 Å². The summed E-state index contributed by atoms with van der Waals surface area (Å²) in [7, 11) is 0. The highest BCUT2D eigenvalue weighted by Crippen LogP contribution is 2.17. The van der Waals surface area contributed by atoms with E-state index in [4.69, 9.17) is 4.74 Å². The molecule has 1 rings (SSSR count). The first-order chi connectivity index (χ1) is 12.9. The summed E-state index contributed by atoms with van der Waals surface area (Å²) >= 11 is 0. The third-order valence-corrected chi connectivity index (χ3v) is 5.54. The zero-order chi connectivity index (χ0) is 21.5. The number of nitrogens with one attached hydrogen (secondary N) is 2. The molecule has 0 radical (unpaired) electrons. The predicted molar refractivity (Wildman–Crippen MR) is 113 cm³/mol. The largest absolute Gasteiger partial charge is 0.444 e. The molecular formula is C21H42N4O3. The van der Waals surface area contributed by atoms with E-state index in [2.05, 4.69) is 41.2 Å². The van der Waals surface area contributed by atoms with Crippen LogP contribution in [0.3, 0.4) is 0 Å². The maximum atomic E-state index is 12.9. The maximum absolute atomic E-state index is 12.9. The van der Waals surface area contributed by atoms with Crippen LogP contribution >= 0.6 is 0 Å². The summed E-state index contributed by atoms with van der Waals surface area (Å²) < 4.78 is 5.33.